The highest BCUT2D eigenvalue weighted by atomic mass is 16.3. The number of aliphatic hydroxyl groups excluding tert-OH is 1. The molecule has 2 atom stereocenters. The molecule has 1 heterocycles. The first-order valence-electron chi connectivity index (χ1n) is 6.39. The Morgan fingerprint density at radius 3 is 2.55 bits per heavy atom. The van der Waals surface area contributed by atoms with Crippen LogP contribution in [0.2, 0.25) is 0 Å². The van der Waals surface area contributed by atoms with E-state index in [2.05, 4.69) is 10.6 Å². The van der Waals surface area contributed by atoms with Crippen molar-refractivity contribution in [2.75, 3.05) is 19.7 Å². The van der Waals surface area contributed by atoms with Crippen molar-refractivity contribution in [3.8, 4) is 0 Å². The lowest BCUT2D eigenvalue weighted by molar-refractivity contribution is -0.135. The fourth-order valence-corrected chi connectivity index (χ4v) is 1.67. The Labute approximate surface area is 117 Å². The zero-order valence-electron chi connectivity index (χ0n) is 11.9. The van der Waals surface area contributed by atoms with Crippen molar-refractivity contribution < 1.29 is 24.6 Å². The van der Waals surface area contributed by atoms with Crippen LogP contribution >= 0.6 is 0 Å². The van der Waals surface area contributed by atoms with Crippen molar-refractivity contribution in [1.82, 2.24) is 15.5 Å². The number of carbonyl (C=O) groups excluding carboxylic acids is 3. The molecule has 0 bridgehead atoms. The van der Waals surface area contributed by atoms with E-state index in [9.17, 15) is 19.5 Å². The molecule has 2 unspecified atom stereocenters. The lowest BCUT2D eigenvalue weighted by Gasteiger charge is -2.22. The lowest BCUT2D eigenvalue weighted by Crippen LogP contribution is -2.48. The maximum atomic E-state index is 12.0. The van der Waals surface area contributed by atoms with Crippen LogP contribution in [0.4, 0.5) is 4.79 Å². The fraction of sp³-hybridized carbons (Fsp3) is 0.750. The molecule has 0 saturated carbocycles. The number of urea groups is 1. The van der Waals surface area contributed by atoms with Crippen LogP contribution in [0.3, 0.4) is 0 Å². The van der Waals surface area contributed by atoms with Crippen LogP contribution in [0.25, 0.3) is 0 Å². The van der Waals surface area contributed by atoms with E-state index in [1.807, 2.05) is 0 Å². The topological polar surface area (TPSA) is 119 Å². The van der Waals surface area contributed by atoms with Gasteiger partial charge in [-0.15, -0.1) is 0 Å². The molecule has 20 heavy (non-hydrogen) atoms. The number of hydrogen-bond acceptors (Lipinski definition) is 5. The van der Waals surface area contributed by atoms with E-state index in [1.54, 1.807) is 13.8 Å². The van der Waals surface area contributed by atoms with Crippen LogP contribution < -0.4 is 10.6 Å². The number of aliphatic hydroxyl groups is 2. The van der Waals surface area contributed by atoms with Crippen LogP contribution in [0, 0.1) is 0 Å². The number of hydrogen-bond donors (Lipinski definition) is 4. The summed E-state index contributed by atoms with van der Waals surface area (Å²) in [6.45, 7) is 3.63. The third-order valence-corrected chi connectivity index (χ3v) is 3.36. The molecule has 4 N–H and O–H groups in total. The number of nitrogens with zero attached hydrogens (tertiary/aromatic N) is 1. The molecule has 8 nitrogen and oxygen atoms in total. The largest absolute Gasteiger partial charge is 0.393 e. The molecule has 114 valence electrons. The van der Waals surface area contributed by atoms with E-state index in [0.717, 1.165) is 4.90 Å². The molecule has 0 spiro atoms. The first-order chi connectivity index (χ1) is 9.15. The van der Waals surface area contributed by atoms with Gasteiger partial charge < -0.3 is 20.8 Å². The van der Waals surface area contributed by atoms with Crippen molar-refractivity contribution in [2.24, 2.45) is 0 Å². The third-order valence-electron chi connectivity index (χ3n) is 3.36. The summed E-state index contributed by atoms with van der Waals surface area (Å²) in [4.78, 5) is 36.2. The maximum absolute atomic E-state index is 12.0. The molecular formula is C12H21N3O5. The molecule has 0 aromatic heterocycles. The highest BCUT2D eigenvalue weighted by Gasteiger charge is 2.46. The highest BCUT2D eigenvalue weighted by Crippen LogP contribution is 2.20. The monoisotopic (exact) mass is 287 g/mol. The van der Waals surface area contributed by atoms with E-state index < -0.39 is 42.1 Å². The van der Waals surface area contributed by atoms with Crippen LogP contribution in [0.5, 0.6) is 0 Å². The summed E-state index contributed by atoms with van der Waals surface area (Å²) in [6.07, 6.45) is 0.426. The van der Waals surface area contributed by atoms with Gasteiger partial charge in [0.15, 0.2) is 0 Å². The number of imide groups is 1. The Kier molecular flexibility index (Phi) is 4.72. The number of nitrogens with one attached hydrogen (secondary N) is 2. The minimum atomic E-state index is -1.44. The van der Waals surface area contributed by atoms with Gasteiger partial charge in [-0.2, -0.15) is 0 Å². The zero-order valence-corrected chi connectivity index (χ0v) is 11.9. The summed E-state index contributed by atoms with van der Waals surface area (Å²) in [5.41, 5.74) is -2.42. The minimum absolute atomic E-state index is 0.170. The average molecular weight is 287 g/mol. The van der Waals surface area contributed by atoms with Gasteiger partial charge in [-0.3, -0.25) is 14.5 Å². The van der Waals surface area contributed by atoms with Crippen molar-refractivity contribution in [2.45, 2.75) is 38.3 Å². The molecule has 0 aromatic carbocycles. The quantitative estimate of drug-likeness (QED) is 0.446. The Morgan fingerprint density at radius 1 is 1.50 bits per heavy atom. The Hall–Kier alpha value is -1.67. The number of rotatable bonds is 6. The molecular weight excluding hydrogens is 266 g/mol. The molecule has 0 aromatic rings. The summed E-state index contributed by atoms with van der Waals surface area (Å²) in [6, 6.07) is -0.608. The molecule has 1 saturated heterocycles. The van der Waals surface area contributed by atoms with Crippen molar-refractivity contribution >= 4 is 17.8 Å². The van der Waals surface area contributed by atoms with E-state index >= 15 is 0 Å². The Balaban J connectivity index is 2.59. The van der Waals surface area contributed by atoms with Gasteiger partial charge in [0.2, 0.25) is 5.91 Å². The zero-order chi connectivity index (χ0) is 15.6. The van der Waals surface area contributed by atoms with Gasteiger partial charge in [-0.25, -0.2) is 4.79 Å². The second-order valence-corrected chi connectivity index (χ2v) is 5.44. The van der Waals surface area contributed by atoms with Crippen LogP contribution in [-0.2, 0) is 9.59 Å². The predicted octanol–water partition coefficient (Wildman–Crippen LogP) is -1.43. The van der Waals surface area contributed by atoms with E-state index in [4.69, 9.17) is 5.11 Å². The van der Waals surface area contributed by atoms with Gasteiger partial charge >= 0.3 is 6.03 Å². The molecule has 1 fully saturated rings. The standard InChI is InChI=1S/C12H21N3O5/c1-4-12(3)9(18)15(10(19)14-12)5-8(17)13-6-11(2,20)7-16/h16,20H,4-7H2,1-3H3,(H,13,17)(H,14,19). The highest BCUT2D eigenvalue weighted by molar-refractivity contribution is 6.08. The third kappa shape index (κ3) is 3.45. The molecule has 1 aliphatic heterocycles. The molecule has 1 aliphatic rings. The van der Waals surface area contributed by atoms with E-state index in [1.165, 1.54) is 6.92 Å². The summed E-state index contributed by atoms with van der Waals surface area (Å²) >= 11 is 0. The Bertz CT molecular complexity index is 423. The molecule has 0 radical (unpaired) electrons. The predicted molar refractivity (Wildman–Crippen MR) is 69.7 cm³/mol. The van der Waals surface area contributed by atoms with Crippen molar-refractivity contribution in [3.05, 3.63) is 0 Å². The molecule has 1 rings (SSSR count). The second-order valence-electron chi connectivity index (χ2n) is 5.44. The number of amides is 4. The maximum Gasteiger partial charge on any atom is 0.325 e. The number of carbonyl (C=O) groups is 3. The second kappa shape index (κ2) is 5.76. The Morgan fingerprint density at radius 2 is 2.10 bits per heavy atom. The van der Waals surface area contributed by atoms with E-state index in [-0.39, 0.29) is 6.54 Å². The average Bonchev–Trinajstić information content (AvgIpc) is 2.61. The van der Waals surface area contributed by atoms with Crippen molar-refractivity contribution in [1.29, 1.82) is 0 Å². The molecule has 0 aliphatic carbocycles. The smallest absolute Gasteiger partial charge is 0.325 e. The SMILES string of the molecule is CCC1(C)NC(=O)N(CC(=O)NCC(C)(O)CO)C1=O. The van der Waals surface area contributed by atoms with Crippen molar-refractivity contribution in [3.63, 3.8) is 0 Å². The summed E-state index contributed by atoms with van der Waals surface area (Å²) < 4.78 is 0. The van der Waals surface area contributed by atoms with Crippen LogP contribution in [-0.4, -0.2) is 63.8 Å². The van der Waals surface area contributed by atoms with Gasteiger partial charge in [0, 0.05) is 6.54 Å². The van der Waals surface area contributed by atoms with Crippen LogP contribution in [0.1, 0.15) is 27.2 Å². The first-order valence-corrected chi connectivity index (χ1v) is 6.39. The normalized spacial score (nSPS) is 25.4. The van der Waals surface area contributed by atoms with Gasteiger partial charge in [0.1, 0.15) is 17.7 Å². The summed E-state index contributed by atoms with van der Waals surface area (Å²) in [5, 5.41) is 23.3. The first kappa shape index (κ1) is 16.4. The van der Waals surface area contributed by atoms with E-state index in [0.29, 0.717) is 6.42 Å². The summed E-state index contributed by atoms with van der Waals surface area (Å²) in [7, 11) is 0. The van der Waals surface area contributed by atoms with Gasteiger partial charge in [-0.1, -0.05) is 6.92 Å². The van der Waals surface area contributed by atoms with Gasteiger partial charge in [-0.05, 0) is 20.3 Å². The van der Waals surface area contributed by atoms with Gasteiger partial charge in [0.05, 0.1) is 6.61 Å². The fourth-order valence-electron chi connectivity index (χ4n) is 1.67. The van der Waals surface area contributed by atoms with Gasteiger partial charge in [0.25, 0.3) is 5.91 Å². The minimum Gasteiger partial charge on any atom is -0.393 e. The molecule has 8 heteroatoms. The van der Waals surface area contributed by atoms with Crippen LogP contribution in [0.15, 0.2) is 0 Å². The lowest BCUT2D eigenvalue weighted by atomic mass is 9.99. The molecule has 4 amide bonds. The summed E-state index contributed by atoms with van der Waals surface area (Å²) in [5.74, 6) is -1.03.